The minimum atomic E-state index is -2.39. The number of ether oxygens (including phenoxy) is 2. The molecule has 1 fully saturated rings. The molecule has 1 aliphatic heterocycles. The van der Waals surface area contributed by atoms with Gasteiger partial charge in [0.1, 0.15) is 12.2 Å². The van der Waals surface area contributed by atoms with E-state index in [4.69, 9.17) is 21.1 Å². The summed E-state index contributed by atoms with van der Waals surface area (Å²) < 4.78 is 11.3. The molecule has 0 aromatic heterocycles. The molecule has 2 aromatic carbocycles. The molecule has 1 heterocycles. The third kappa shape index (κ3) is 7.25. The molecule has 12 heteroatoms. The van der Waals surface area contributed by atoms with Crippen LogP contribution >= 0.6 is 11.6 Å². The molecule has 200 valence electrons. The van der Waals surface area contributed by atoms with Gasteiger partial charge < -0.3 is 40.5 Å². The smallest absolute Gasteiger partial charge is 0.364 e. The Labute approximate surface area is 218 Å². The molecule has 1 saturated heterocycles. The average molecular weight is 537 g/mol. The number of benzene rings is 2. The highest BCUT2D eigenvalue weighted by Gasteiger charge is 2.55. The number of carbonyl (C=O) groups is 3. The Balaban J connectivity index is 1.78. The Morgan fingerprint density at radius 3 is 2.49 bits per heavy atom. The summed E-state index contributed by atoms with van der Waals surface area (Å²) in [5.41, 5.74) is 0.847. The van der Waals surface area contributed by atoms with E-state index in [-0.39, 0.29) is 12.2 Å². The van der Waals surface area contributed by atoms with Crippen molar-refractivity contribution in [2.45, 2.75) is 56.2 Å². The predicted molar refractivity (Wildman–Crippen MR) is 130 cm³/mol. The van der Waals surface area contributed by atoms with Gasteiger partial charge in [0.2, 0.25) is 5.91 Å². The monoisotopic (exact) mass is 536 g/mol. The average Bonchev–Trinajstić information content (AvgIpc) is 2.87. The number of amides is 2. The first kappa shape index (κ1) is 28.5. The fraction of sp³-hybridized carbons (Fsp3) is 0.400. The van der Waals surface area contributed by atoms with Gasteiger partial charge in [-0.3, -0.25) is 9.59 Å². The largest absolute Gasteiger partial charge is 0.477 e. The first-order valence-electron chi connectivity index (χ1n) is 11.5. The first-order valence-corrected chi connectivity index (χ1v) is 11.8. The standard InChI is InChI=1S/C25H29ClN2O9/c1-14(29)28-20-18(30)11-25(24(34)35,36-13-15-6-3-2-4-7-15)37-22(20)21(32)19(31)12-27-23(33)16-8-5-9-17(26)10-16/h2-10,18-22,30-32H,11-13H2,1H3,(H,27,33)(H,28,29)(H,34,35)/t18-,19+,20+,21-,22+,25+/m0/s1. The van der Waals surface area contributed by atoms with E-state index in [9.17, 15) is 34.8 Å². The van der Waals surface area contributed by atoms with Crippen molar-refractivity contribution < 1.29 is 44.3 Å². The van der Waals surface area contributed by atoms with Crippen LogP contribution in [0.15, 0.2) is 54.6 Å². The molecule has 6 atom stereocenters. The van der Waals surface area contributed by atoms with Gasteiger partial charge in [0.05, 0.1) is 24.9 Å². The third-order valence-corrected chi connectivity index (χ3v) is 6.11. The maximum Gasteiger partial charge on any atom is 0.364 e. The maximum atomic E-state index is 12.4. The lowest BCUT2D eigenvalue weighted by atomic mass is 9.88. The zero-order valence-corrected chi connectivity index (χ0v) is 20.7. The number of rotatable bonds is 10. The van der Waals surface area contributed by atoms with E-state index >= 15 is 0 Å². The molecule has 0 unspecified atom stereocenters. The van der Waals surface area contributed by atoms with E-state index in [0.717, 1.165) is 0 Å². The van der Waals surface area contributed by atoms with Crippen molar-refractivity contribution in [3.63, 3.8) is 0 Å². The van der Waals surface area contributed by atoms with Crippen molar-refractivity contribution in [3.8, 4) is 0 Å². The molecule has 0 bridgehead atoms. The maximum absolute atomic E-state index is 12.4. The molecule has 11 nitrogen and oxygen atoms in total. The van der Waals surface area contributed by atoms with Gasteiger partial charge in [0, 0.05) is 30.5 Å². The van der Waals surface area contributed by atoms with E-state index in [1.807, 2.05) is 0 Å². The normalized spacial score (nSPS) is 25.1. The minimum absolute atomic E-state index is 0.189. The highest BCUT2D eigenvalue weighted by Crippen LogP contribution is 2.34. The Hall–Kier alpha value is -3.06. The molecule has 3 rings (SSSR count). The van der Waals surface area contributed by atoms with Gasteiger partial charge >= 0.3 is 5.97 Å². The number of nitrogens with one attached hydrogen (secondary N) is 2. The number of carboxylic acids is 1. The van der Waals surface area contributed by atoms with Gasteiger partial charge in [-0.05, 0) is 23.8 Å². The Morgan fingerprint density at radius 2 is 1.86 bits per heavy atom. The van der Waals surface area contributed by atoms with Crippen LogP contribution in [-0.2, 0) is 25.7 Å². The second kappa shape index (κ2) is 12.5. The highest BCUT2D eigenvalue weighted by molar-refractivity contribution is 6.30. The van der Waals surface area contributed by atoms with Gasteiger partial charge in [-0.25, -0.2) is 4.79 Å². The van der Waals surface area contributed by atoms with E-state index < -0.39 is 67.0 Å². The molecule has 37 heavy (non-hydrogen) atoms. The van der Waals surface area contributed by atoms with Crippen LogP contribution in [0.3, 0.4) is 0 Å². The molecular weight excluding hydrogens is 508 g/mol. The van der Waals surface area contributed by atoms with Crippen molar-refractivity contribution in [3.05, 3.63) is 70.7 Å². The Kier molecular flexibility index (Phi) is 9.60. The molecule has 1 aliphatic rings. The fourth-order valence-corrected chi connectivity index (χ4v) is 4.18. The zero-order valence-electron chi connectivity index (χ0n) is 19.9. The lowest BCUT2D eigenvalue weighted by Gasteiger charge is -2.46. The van der Waals surface area contributed by atoms with Crippen molar-refractivity contribution in [2.24, 2.45) is 0 Å². The van der Waals surface area contributed by atoms with Gasteiger partial charge in [-0.1, -0.05) is 48.0 Å². The zero-order chi connectivity index (χ0) is 27.2. The lowest BCUT2D eigenvalue weighted by molar-refractivity contribution is -0.314. The Morgan fingerprint density at radius 1 is 1.16 bits per heavy atom. The number of hydrogen-bond donors (Lipinski definition) is 6. The number of halogens is 1. The number of aliphatic carboxylic acids is 1. The van der Waals surface area contributed by atoms with E-state index in [1.165, 1.54) is 19.1 Å². The van der Waals surface area contributed by atoms with Crippen molar-refractivity contribution in [1.29, 1.82) is 0 Å². The number of aliphatic hydroxyl groups excluding tert-OH is 3. The Bertz CT molecular complexity index is 1100. The highest BCUT2D eigenvalue weighted by atomic mass is 35.5. The van der Waals surface area contributed by atoms with Gasteiger partial charge in [0.25, 0.3) is 11.7 Å². The predicted octanol–water partition coefficient (Wildman–Crippen LogP) is 0.444. The van der Waals surface area contributed by atoms with Crippen molar-refractivity contribution >= 4 is 29.4 Å². The summed E-state index contributed by atoms with van der Waals surface area (Å²) in [6, 6.07) is 13.4. The summed E-state index contributed by atoms with van der Waals surface area (Å²) in [6.45, 7) is 0.523. The fourth-order valence-electron chi connectivity index (χ4n) is 3.99. The van der Waals surface area contributed by atoms with Crippen LogP contribution in [0.25, 0.3) is 0 Å². The second-order valence-electron chi connectivity index (χ2n) is 8.69. The number of aliphatic hydroxyl groups is 3. The van der Waals surface area contributed by atoms with Crippen LogP contribution in [-0.4, -0.2) is 81.0 Å². The summed E-state index contributed by atoms with van der Waals surface area (Å²) in [6.07, 6.45) is -7.21. The van der Waals surface area contributed by atoms with Crippen LogP contribution in [0.2, 0.25) is 5.02 Å². The number of carboxylic acid groups (broad SMARTS) is 1. The van der Waals surface area contributed by atoms with E-state index in [0.29, 0.717) is 10.6 Å². The molecule has 0 spiro atoms. The summed E-state index contributed by atoms with van der Waals surface area (Å²) >= 11 is 5.89. The van der Waals surface area contributed by atoms with E-state index in [1.54, 1.807) is 42.5 Å². The third-order valence-electron chi connectivity index (χ3n) is 5.87. The van der Waals surface area contributed by atoms with Crippen LogP contribution in [0.5, 0.6) is 0 Å². The molecule has 0 saturated carbocycles. The SMILES string of the molecule is CC(=O)N[C@H]1[C@H]([C@@H](O)[C@H](O)CNC(=O)c2cccc(Cl)c2)O[C@@](OCc2ccccc2)(C(=O)O)C[C@@H]1O. The summed E-state index contributed by atoms with van der Waals surface area (Å²) in [5, 5.41) is 47.5. The van der Waals surface area contributed by atoms with Crippen molar-refractivity contribution in [2.75, 3.05) is 6.54 Å². The number of hydrogen-bond acceptors (Lipinski definition) is 8. The minimum Gasteiger partial charge on any atom is -0.477 e. The molecule has 2 amide bonds. The van der Waals surface area contributed by atoms with Gasteiger partial charge in [0.15, 0.2) is 0 Å². The van der Waals surface area contributed by atoms with E-state index in [2.05, 4.69) is 10.6 Å². The van der Waals surface area contributed by atoms with Crippen molar-refractivity contribution in [1.82, 2.24) is 10.6 Å². The molecule has 6 N–H and O–H groups in total. The van der Waals surface area contributed by atoms with Crippen LogP contribution in [0, 0.1) is 0 Å². The quantitative estimate of drug-likeness (QED) is 0.252. The summed E-state index contributed by atoms with van der Waals surface area (Å²) in [5.74, 6) is -5.12. The topological polar surface area (TPSA) is 175 Å². The van der Waals surface area contributed by atoms with Gasteiger partial charge in [-0.2, -0.15) is 0 Å². The molecule has 0 aliphatic carbocycles. The first-order chi connectivity index (χ1) is 17.5. The molecule has 0 radical (unpaired) electrons. The number of carbonyl (C=O) groups excluding carboxylic acids is 2. The van der Waals surface area contributed by atoms with Crippen LogP contribution in [0.4, 0.5) is 0 Å². The molecular formula is C25H29ClN2O9. The van der Waals surface area contributed by atoms with Crippen LogP contribution < -0.4 is 10.6 Å². The second-order valence-corrected chi connectivity index (χ2v) is 9.13. The summed E-state index contributed by atoms with van der Waals surface area (Å²) in [7, 11) is 0. The van der Waals surface area contributed by atoms with Crippen LogP contribution in [0.1, 0.15) is 29.3 Å². The summed E-state index contributed by atoms with van der Waals surface area (Å²) in [4.78, 5) is 36.4. The lowest BCUT2D eigenvalue weighted by Crippen LogP contribution is -2.68. The molecule has 2 aromatic rings. The van der Waals surface area contributed by atoms with Gasteiger partial charge in [-0.15, -0.1) is 0 Å².